The zero-order valence-electron chi connectivity index (χ0n) is 11.5. The van der Waals surface area contributed by atoms with Gasteiger partial charge in [-0.25, -0.2) is 0 Å². The number of rotatable bonds is 11. The van der Waals surface area contributed by atoms with E-state index in [9.17, 15) is 4.79 Å². The van der Waals surface area contributed by atoms with Crippen molar-refractivity contribution in [2.75, 3.05) is 24.6 Å². The molecule has 0 saturated carbocycles. The summed E-state index contributed by atoms with van der Waals surface area (Å²) in [5, 5.41) is 0. The van der Waals surface area contributed by atoms with E-state index in [1.165, 1.54) is 57.0 Å². The van der Waals surface area contributed by atoms with Gasteiger partial charge in [0.15, 0.2) is 0 Å². The van der Waals surface area contributed by atoms with Crippen molar-refractivity contribution in [2.45, 2.75) is 59.3 Å². The van der Waals surface area contributed by atoms with Crippen LogP contribution < -0.4 is 0 Å². The molecular formula is C14H30OP. The Morgan fingerprint density at radius 3 is 1.44 bits per heavy atom. The number of carbonyl (C=O) groups excluding carboxylic acids is 1. The van der Waals surface area contributed by atoms with Crippen LogP contribution in [0, 0.1) is 0 Å². The first-order valence-electron chi connectivity index (χ1n) is 7.09. The van der Waals surface area contributed by atoms with Crippen molar-refractivity contribution in [3.63, 3.8) is 0 Å². The molecule has 2 heteroatoms. The van der Waals surface area contributed by atoms with Crippen molar-refractivity contribution in [3.05, 3.63) is 0 Å². The van der Waals surface area contributed by atoms with Crippen molar-refractivity contribution in [1.29, 1.82) is 0 Å². The Balaban J connectivity index is 4.37. The zero-order valence-corrected chi connectivity index (χ0v) is 12.5. The van der Waals surface area contributed by atoms with Crippen LogP contribution in [0.3, 0.4) is 0 Å². The molecule has 0 rings (SSSR count). The molecule has 0 aromatic heterocycles. The van der Waals surface area contributed by atoms with Gasteiger partial charge in [0.2, 0.25) is 0 Å². The van der Waals surface area contributed by atoms with E-state index in [2.05, 4.69) is 27.1 Å². The first kappa shape index (κ1) is 16.1. The summed E-state index contributed by atoms with van der Waals surface area (Å²) in [4.78, 5) is 10.8. The Labute approximate surface area is 103 Å². The average molecular weight is 245 g/mol. The summed E-state index contributed by atoms with van der Waals surface area (Å²) >= 11 is 0. The van der Waals surface area contributed by atoms with Crippen LogP contribution in [0.2, 0.25) is 0 Å². The van der Waals surface area contributed by atoms with Crippen molar-refractivity contribution in [2.24, 2.45) is 0 Å². The SMILES string of the molecule is CCCC[PH](C[C]=O)(CCCC)CCCC. The maximum atomic E-state index is 10.8. The third-order valence-electron chi connectivity index (χ3n) is 3.63. The second-order valence-electron chi connectivity index (χ2n) is 5.13. The molecule has 0 heterocycles. The fraction of sp³-hybridized carbons (Fsp3) is 0.929. The Morgan fingerprint density at radius 2 is 1.19 bits per heavy atom. The van der Waals surface area contributed by atoms with Crippen LogP contribution >= 0.6 is 7.26 Å². The summed E-state index contributed by atoms with van der Waals surface area (Å²) < 4.78 is 0. The molecule has 16 heavy (non-hydrogen) atoms. The predicted molar refractivity (Wildman–Crippen MR) is 78.2 cm³/mol. The topological polar surface area (TPSA) is 17.1 Å². The molecule has 0 amide bonds. The number of hydrogen-bond acceptors (Lipinski definition) is 1. The van der Waals surface area contributed by atoms with Gasteiger partial charge < -0.3 is 0 Å². The summed E-state index contributed by atoms with van der Waals surface area (Å²) in [5.74, 6) is 0. The van der Waals surface area contributed by atoms with E-state index in [0.717, 1.165) is 6.16 Å². The summed E-state index contributed by atoms with van der Waals surface area (Å²) in [6.45, 7) is 6.76. The molecule has 0 N–H and O–H groups in total. The molecule has 1 radical (unpaired) electrons. The molecule has 1 nitrogen and oxygen atoms in total. The molecule has 0 aliphatic rings. The van der Waals surface area contributed by atoms with Gasteiger partial charge in [0.25, 0.3) is 0 Å². The van der Waals surface area contributed by atoms with Gasteiger partial charge in [0.1, 0.15) is 0 Å². The Kier molecular flexibility index (Phi) is 10.3. The molecule has 0 bridgehead atoms. The monoisotopic (exact) mass is 245 g/mol. The van der Waals surface area contributed by atoms with Crippen LogP contribution in [0.4, 0.5) is 0 Å². The molecule has 0 aliphatic heterocycles. The second-order valence-corrected chi connectivity index (χ2v) is 9.99. The summed E-state index contributed by atoms with van der Waals surface area (Å²) in [6, 6.07) is 0. The van der Waals surface area contributed by atoms with E-state index in [4.69, 9.17) is 0 Å². The predicted octanol–water partition coefficient (Wildman–Crippen LogP) is 4.25. The minimum atomic E-state index is -1.28. The van der Waals surface area contributed by atoms with Gasteiger partial charge in [0.05, 0.1) is 0 Å². The van der Waals surface area contributed by atoms with Gasteiger partial charge in [-0.05, 0) is 0 Å². The number of hydrogen-bond donors (Lipinski definition) is 0. The Hall–Kier alpha value is 0.100. The Morgan fingerprint density at radius 1 is 0.812 bits per heavy atom. The van der Waals surface area contributed by atoms with E-state index in [1.807, 2.05) is 0 Å². The van der Waals surface area contributed by atoms with Gasteiger partial charge in [-0.15, -0.1) is 0 Å². The molecule has 0 spiro atoms. The zero-order chi connectivity index (χ0) is 12.3. The number of unbranched alkanes of at least 4 members (excludes halogenated alkanes) is 3. The van der Waals surface area contributed by atoms with Gasteiger partial charge in [-0.3, -0.25) is 0 Å². The molecule has 0 atom stereocenters. The molecule has 0 unspecified atom stereocenters. The van der Waals surface area contributed by atoms with Crippen LogP contribution in [0.15, 0.2) is 0 Å². The minimum absolute atomic E-state index is 0.799. The summed E-state index contributed by atoms with van der Waals surface area (Å²) in [6.07, 6.45) is 14.9. The third-order valence-corrected chi connectivity index (χ3v) is 8.77. The third kappa shape index (κ3) is 6.63. The molecule has 0 fully saturated rings. The molecular weight excluding hydrogens is 215 g/mol. The maximum absolute atomic E-state index is 10.8. The standard InChI is InChI=1S/C14H30OP/c1-4-7-11-16(14-10-15,12-8-5-2)13-9-6-3/h16H,4-9,11-14H2,1-3H3. The van der Waals surface area contributed by atoms with Crippen molar-refractivity contribution >= 4 is 13.5 Å². The van der Waals surface area contributed by atoms with E-state index in [1.54, 1.807) is 0 Å². The normalized spacial score (nSPS) is 12.7. The van der Waals surface area contributed by atoms with Crippen LogP contribution in [-0.2, 0) is 4.79 Å². The van der Waals surface area contributed by atoms with Crippen molar-refractivity contribution in [1.82, 2.24) is 0 Å². The van der Waals surface area contributed by atoms with Crippen LogP contribution in [-0.4, -0.2) is 30.9 Å². The van der Waals surface area contributed by atoms with Crippen molar-refractivity contribution < 1.29 is 4.79 Å². The second kappa shape index (κ2) is 10.3. The van der Waals surface area contributed by atoms with E-state index >= 15 is 0 Å². The van der Waals surface area contributed by atoms with Gasteiger partial charge >= 0.3 is 102 Å². The van der Waals surface area contributed by atoms with Crippen LogP contribution in [0.25, 0.3) is 0 Å². The first-order chi connectivity index (χ1) is 7.74. The molecule has 0 aromatic rings. The molecule has 0 aromatic carbocycles. The molecule has 97 valence electrons. The summed E-state index contributed by atoms with van der Waals surface area (Å²) in [7, 11) is -1.28. The quantitative estimate of drug-likeness (QED) is 0.497. The van der Waals surface area contributed by atoms with Gasteiger partial charge in [0, 0.05) is 0 Å². The van der Waals surface area contributed by atoms with Gasteiger partial charge in [-0.1, -0.05) is 0 Å². The van der Waals surface area contributed by atoms with E-state index in [-0.39, 0.29) is 0 Å². The fourth-order valence-electron chi connectivity index (χ4n) is 2.45. The summed E-state index contributed by atoms with van der Waals surface area (Å²) in [5.41, 5.74) is 0. The average Bonchev–Trinajstić information content (AvgIpc) is 2.31. The van der Waals surface area contributed by atoms with Crippen LogP contribution in [0.1, 0.15) is 59.3 Å². The van der Waals surface area contributed by atoms with E-state index in [0.29, 0.717) is 0 Å². The van der Waals surface area contributed by atoms with Crippen molar-refractivity contribution in [3.8, 4) is 0 Å². The fourth-order valence-corrected chi connectivity index (χ4v) is 7.35. The van der Waals surface area contributed by atoms with Crippen LogP contribution in [0.5, 0.6) is 0 Å². The van der Waals surface area contributed by atoms with E-state index < -0.39 is 7.26 Å². The molecule has 0 aliphatic carbocycles. The van der Waals surface area contributed by atoms with Gasteiger partial charge in [-0.2, -0.15) is 0 Å². The molecule has 0 saturated heterocycles. The Bertz CT molecular complexity index is 146. The first-order valence-corrected chi connectivity index (χ1v) is 9.92.